The molecule has 1 aromatic rings. The molecule has 6 N–H and O–H groups in total. The van der Waals surface area contributed by atoms with Gasteiger partial charge in [-0.1, -0.05) is 50.3 Å². The van der Waals surface area contributed by atoms with E-state index >= 15 is 4.39 Å². The highest BCUT2D eigenvalue weighted by Gasteiger charge is 2.56. The van der Waals surface area contributed by atoms with E-state index in [9.17, 15) is 34.5 Å². The van der Waals surface area contributed by atoms with Crippen molar-refractivity contribution in [3.05, 3.63) is 70.3 Å². The number of ether oxygens (including phenoxy) is 3. The maximum atomic E-state index is 15.4. The van der Waals surface area contributed by atoms with Gasteiger partial charge in [0.2, 0.25) is 5.91 Å². The lowest BCUT2D eigenvalue weighted by atomic mass is 9.61. The van der Waals surface area contributed by atoms with Gasteiger partial charge in [0, 0.05) is 37.6 Å². The molecule has 4 aliphatic carbocycles. The molecule has 346 valence electrons. The summed E-state index contributed by atoms with van der Waals surface area (Å²) in [4.78, 5) is 53.4. The summed E-state index contributed by atoms with van der Waals surface area (Å²) >= 11 is 0. The summed E-state index contributed by atoms with van der Waals surface area (Å²) in [6.45, 7) is 11.1. The lowest BCUT2D eigenvalue weighted by Gasteiger charge is -2.44. The molecule has 2 heterocycles. The molecule has 7 unspecified atom stereocenters. The Bertz CT molecular complexity index is 2040. The van der Waals surface area contributed by atoms with E-state index in [1.54, 1.807) is 6.92 Å². The predicted molar refractivity (Wildman–Crippen MR) is 233 cm³/mol. The quantitative estimate of drug-likeness (QED) is 0.0570. The first kappa shape index (κ1) is 48.0. The van der Waals surface area contributed by atoms with Crippen molar-refractivity contribution < 1.29 is 48.3 Å². The first-order valence-corrected chi connectivity index (χ1v) is 22.5. The van der Waals surface area contributed by atoms with Gasteiger partial charge < -0.3 is 35.3 Å². The fraction of sp³-hybridized carbons (Fsp3) is 0.660. The number of rotatable bonds is 17. The lowest BCUT2D eigenvalue weighted by Crippen LogP contribution is -2.43. The zero-order valence-corrected chi connectivity index (χ0v) is 37.0. The fourth-order valence-electron chi connectivity index (χ4n) is 10.1. The van der Waals surface area contributed by atoms with Crippen LogP contribution in [-0.2, 0) is 28.6 Å². The maximum absolute atomic E-state index is 15.4. The highest BCUT2D eigenvalue weighted by molar-refractivity contribution is 5.85. The number of amides is 1. The van der Waals surface area contributed by atoms with Gasteiger partial charge in [-0.3, -0.25) is 19.0 Å². The van der Waals surface area contributed by atoms with Gasteiger partial charge in [-0.05, 0) is 118 Å². The number of aliphatic hydroxyl groups is 3. The third-order valence-corrected chi connectivity index (χ3v) is 14.0. The molecule has 6 rings (SSSR count). The van der Waals surface area contributed by atoms with Crippen molar-refractivity contribution in [1.82, 2.24) is 15.0 Å². The largest absolute Gasteiger partial charge is 0.463 e. The van der Waals surface area contributed by atoms with Crippen molar-refractivity contribution in [3.8, 4) is 0 Å². The van der Waals surface area contributed by atoms with Crippen molar-refractivity contribution >= 4 is 29.4 Å². The van der Waals surface area contributed by atoms with Gasteiger partial charge in [0.1, 0.15) is 30.7 Å². The molecule has 0 aromatic carbocycles. The topological polar surface area (TPSA) is 225 Å². The van der Waals surface area contributed by atoms with Gasteiger partial charge in [-0.2, -0.15) is 10.1 Å². The highest BCUT2D eigenvalue weighted by Crippen LogP contribution is 2.59. The molecule has 4 saturated carbocycles. The average Bonchev–Trinajstić information content (AvgIpc) is 3.99. The van der Waals surface area contributed by atoms with Crippen molar-refractivity contribution in [2.24, 2.45) is 34.2 Å². The van der Waals surface area contributed by atoms with Crippen LogP contribution in [0.5, 0.6) is 0 Å². The second kappa shape index (κ2) is 20.5. The number of halogens is 1. The summed E-state index contributed by atoms with van der Waals surface area (Å²) in [5.74, 6) is 0.0763. The number of anilines is 1. The SMILES string of the molecule is C=C1/C(=C\C=C2/CCC[C@@]3(C)C2CCC3[C@@H](C)/C=C/C(O)C2CC2)C[C@H](OC(=O)CCC/C(C)=N/NC(=O)CCC(=O)OCC2OC(n3ccc(N)nc3=O)C(C)(F)C2O)C[C@@H]1O. The normalized spacial score (nSPS) is 33.4. The third-order valence-electron chi connectivity index (χ3n) is 14.0. The number of hydrogen-bond acceptors (Lipinski definition) is 13. The summed E-state index contributed by atoms with van der Waals surface area (Å²) in [5, 5.41) is 35.8. The molecule has 5 fully saturated rings. The molecule has 1 amide bonds. The molecule has 11 atom stereocenters. The van der Waals surface area contributed by atoms with Gasteiger partial charge in [0.25, 0.3) is 0 Å². The van der Waals surface area contributed by atoms with Crippen molar-refractivity contribution in [2.45, 2.75) is 160 Å². The van der Waals surface area contributed by atoms with Crippen LogP contribution in [-0.4, -0.2) is 91.2 Å². The number of aromatic nitrogens is 2. The molecule has 1 saturated heterocycles. The van der Waals surface area contributed by atoms with Gasteiger partial charge in [0.15, 0.2) is 11.9 Å². The van der Waals surface area contributed by atoms with Crippen molar-refractivity contribution in [1.29, 1.82) is 0 Å². The Labute approximate surface area is 368 Å². The van der Waals surface area contributed by atoms with E-state index < -0.39 is 60.5 Å². The molecule has 1 aromatic heterocycles. The molecule has 1 aliphatic heterocycles. The predicted octanol–water partition coefficient (Wildman–Crippen LogP) is 5.45. The van der Waals surface area contributed by atoms with Gasteiger partial charge in [0.05, 0.1) is 18.6 Å². The van der Waals surface area contributed by atoms with Crippen LogP contribution in [0.4, 0.5) is 10.2 Å². The average molecular weight is 880 g/mol. The summed E-state index contributed by atoms with van der Waals surface area (Å²) in [6, 6.07) is 1.28. The van der Waals surface area contributed by atoms with Crippen LogP contribution in [0.3, 0.4) is 0 Å². The van der Waals surface area contributed by atoms with Crippen LogP contribution in [0.25, 0.3) is 0 Å². The zero-order valence-electron chi connectivity index (χ0n) is 37.0. The smallest absolute Gasteiger partial charge is 0.351 e. The molecule has 0 spiro atoms. The van der Waals surface area contributed by atoms with E-state index in [0.29, 0.717) is 54.2 Å². The fourth-order valence-corrected chi connectivity index (χ4v) is 10.1. The lowest BCUT2D eigenvalue weighted by molar-refractivity contribution is -0.151. The van der Waals surface area contributed by atoms with Gasteiger partial charge >= 0.3 is 17.6 Å². The van der Waals surface area contributed by atoms with Crippen LogP contribution >= 0.6 is 0 Å². The number of alkyl halides is 1. The van der Waals surface area contributed by atoms with E-state index in [2.05, 4.69) is 54.2 Å². The minimum Gasteiger partial charge on any atom is -0.463 e. The number of hydrazone groups is 1. The Balaban J connectivity index is 0.896. The minimum atomic E-state index is -2.42. The van der Waals surface area contributed by atoms with Crippen LogP contribution in [0.1, 0.15) is 124 Å². The Kier molecular flexibility index (Phi) is 15.6. The number of carbonyl (C=O) groups is 3. The number of nitrogen functional groups attached to an aromatic ring is 1. The van der Waals surface area contributed by atoms with E-state index in [1.165, 1.54) is 24.3 Å². The summed E-state index contributed by atoms with van der Waals surface area (Å²) < 4.78 is 32.7. The number of allylic oxidation sites excluding steroid dienone is 4. The molecular weight excluding hydrogens is 814 g/mol. The number of fused-ring (bicyclic) bond motifs is 1. The van der Waals surface area contributed by atoms with E-state index in [1.807, 2.05) is 6.08 Å². The minimum absolute atomic E-state index is 0.0650. The number of esters is 2. The third kappa shape index (κ3) is 11.8. The number of aliphatic hydroxyl groups excluding tert-OH is 3. The van der Waals surface area contributed by atoms with Gasteiger partial charge in [-0.25, -0.2) is 14.6 Å². The van der Waals surface area contributed by atoms with Crippen LogP contribution in [0.2, 0.25) is 0 Å². The Morgan fingerprint density at radius 2 is 1.89 bits per heavy atom. The Morgan fingerprint density at radius 3 is 2.62 bits per heavy atom. The van der Waals surface area contributed by atoms with Crippen LogP contribution in [0.15, 0.2) is 69.8 Å². The number of nitrogens with zero attached hydrogens (tertiary/aromatic N) is 3. The molecule has 63 heavy (non-hydrogen) atoms. The monoisotopic (exact) mass is 879 g/mol. The zero-order chi connectivity index (χ0) is 45.6. The number of carbonyl (C=O) groups excluding carboxylic acids is 3. The molecule has 5 aliphatic rings. The second-order valence-electron chi connectivity index (χ2n) is 18.8. The van der Waals surface area contributed by atoms with Crippen molar-refractivity contribution in [3.63, 3.8) is 0 Å². The second-order valence-corrected chi connectivity index (χ2v) is 18.8. The van der Waals surface area contributed by atoms with E-state index in [0.717, 1.165) is 55.6 Å². The number of hydrogen-bond donors (Lipinski definition) is 5. The molecule has 15 nitrogen and oxygen atoms in total. The number of nitrogens with one attached hydrogen (secondary N) is 1. The summed E-state index contributed by atoms with van der Waals surface area (Å²) in [6.07, 6.45) is 12.6. The standard InChI is InChI=1S/C47H66FN5O10/c1-27(11-18-36(54)31-13-14-31)34-16-17-35-30(9-7-22-46(34,35)4)12-15-32-24-33(25-37(55)29(32)3)62-42(58)10-6-8-28(2)51-52-40(56)19-20-41(57)61-26-38-43(59)47(5,48)44(63-38)53-23-21-39(49)50-45(53)60/h11-12,15,18,21,23,27,31,33-38,43-44,54-55,59H,3,6-10,13-14,16-17,19-20,22,24-26H2,1-2,4-5H3,(H,52,56)(H2,49,50,60)/b18-11+,30-12+,32-15-,51-28+/t27-,33-,34?,35?,36?,37-,38?,43?,44?,46+,47?/m0/s1. The highest BCUT2D eigenvalue weighted by atomic mass is 19.1. The van der Waals surface area contributed by atoms with E-state index in [-0.39, 0.29) is 49.0 Å². The molecule has 16 heteroatoms. The Morgan fingerprint density at radius 1 is 1.13 bits per heavy atom. The first-order valence-electron chi connectivity index (χ1n) is 22.5. The molecular formula is C47H66FN5O10. The van der Waals surface area contributed by atoms with E-state index in [4.69, 9.17) is 19.9 Å². The number of nitrogens with two attached hydrogens (primary N) is 1. The molecule has 0 radical (unpaired) electrons. The first-order chi connectivity index (χ1) is 29.9. The molecule has 0 bridgehead atoms. The van der Waals surface area contributed by atoms with Crippen LogP contribution < -0.4 is 16.8 Å². The summed E-state index contributed by atoms with van der Waals surface area (Å²) in [5.41, 5.74) is 8.33. The Hall–Kier alpha value is -4.51. The van der Waals surface area contributed by atoms with Crippen LogP contribution in [0, 0.1) is 29.1 Å². The maximum Gasteiger partial charge on any atom is 0.351 e. The van der Waals surface area contributed by atoms with Gasteiger partial charge in [-0.15, -0.1) is 0 Å². The summed E-state index contributed by atoms with van der Waals surface area (Å²) in [7, 11) is 0. The van der Waals surface area contributed by atoms with Crippen molar-refractivity contribution in [2.75, 3.05) is 12.3 Å².